The van der Waals surface area contributed by atoms with E-state index in [4.69, 9.17) is 11.6 Å². The van der Waals surface area contributed by atoms with Crippen LogP contribution in [-0.2, 0) is 45.0 Å². The first-order chi connectivity index (χ1) is 25.8. The van der Waals surface area contributed by atoms with E-state index in [0.717, 1.165) is 11.3 Å². The minimum absolute atomic E-state index is 0.106. The van der Waals surface area contributed by atoms with Gasteiger partial charge in [-0.05, 0) is 85.0 Å². The highest BCUT2D eigenvalue weighted by Gasteiger charge is 2.49. The number of H-pyrrole nitrogens is 1. The fraction of sp³-hybridized carbons (Fsp3) is 0.439. The molecule has 4 aromatic rings. The van der Waals surface area contributed by atoms with E-state index in [-0.39, 0.29) is 54.1 Å². The third kappa shape index (κ3) is 8.92. The lowest BCUT2D eigenvalue weighted by Crippen LogP contribution is -2.62. The Morgan fingerprint density at radius 3 is 2.24 bits per heavy atom. The molecule has 10 nitrogen and oxygen atoms in total. The highest BCUT2D eigenvalue weighted by molar-refractivity contribution is 6.35. The van der Waals surface area contributed by atoms with Gasteiger partial charge in [0.15, 0.2) is 0 Å². The number of amides is 4. The topological polar surface area (TPSA) is 145 Å². The van der Waals surface area contributed by atoms with Crippen molar-refractivity contribution in [3.05, 3.63) is 100.0 Å². The Morgan fingerprint density at radius 1 is 0.907 bits per heavy atom. The van der Waals surface area contributed by atoms with Crippen molar-refractivity contribution in [2.24, 2.45) is 17.3 Å². The van der Waals surface area contributed by atoms with Crippen LogP contribution >= 0.6 is 11.6 Å². The van der Waals surface area contributed by atoms with Crippen LogP contribution in [0.15, 0.2) is 60.9 Å². The molecular weight excluding hydrogens is 714 g/mol. The second kappa shape index (κ2) is 17.5. The number of pyridine rings is 1. The van der Waals surface area contributed by atoms with Gasteiger partial charge in [-0.2, -0.15) is 0 Å². The molecule has 5 rings (SSSR count). The van der Waals surface area contributed by atoms with E-state index in [1.54, 1.807) is 37.5 Å². The van der Waals surface area contributed by atoms with Crippen molar-refractivity contribution in [1.82, 2.24) is 31.2 Å². The van der Waals surface area contributed by atoms with Crippen molar-refractivity contribution < 1.29 is 28.0 Å². The molecule has 2 unspecified atom stereocenters. The van der Waals surface area contributed by atoms with Gasteiger partial charge < -0.3 is 26.3 Å². The molecule has 5 N–H and O–H groups in total. The predicted molar refractivity (Wildman–Crippen MR) is 204 cm³/mol. The molecule has 288 valence electrons. The number of halogens is 3. The van der Waals surface area contributed by atoms with Crippen LogP contribution in [0.5, 0.6) is 0 Å². The van der Waals surface area contributed by atoms with Crippen molar-refractivity contribution in [2.45, 2.75) is 97.8 Å². The zero-order chi connectivity index (χ0) is 39.2. The highest BCUT2D eigenvalue weighted by Crippen LogP contribution is 2.43. The van der Waals surface area contributed by atoms with Crippen LogP contribution in [-0.4, -0.2) is 51.7 Å². The Morgan fingerprint density at radius 2 is 1.57 bits per heavy atom. The summed E-state index contributed by atoms with van der Waals surface area (Å²) in [6.07, 6.45) is 4.93. The number of hydrogen-bond acceptors (Lipinski definition) is 5. The summed E-state index contributed by atoms with van der Waals surface area (Å²) in [5.41, 5.74) is 1.82. The number of hydrogen-bond donors (Lipinski definition) is 5. The van der Waals surface area contributed by atoms with E-state index >= 15 is 0 Å². The summed E-state index contributed by atoms with van der Waals surface area (Å²) in [7, 11) is 0. The number of rotatable bonds is 15. The smallest absolute Gasteiger partial charge is 0.243 e. The average molecular weight is 763 g/mol. The molecule has 0 saturated carbocycles. The van der Waals surface area contributed by atoms with Gasteiger partial charge >= 0.3 is 0 Å². The normalized spacial score (nSPS) is 18.1. The molecule has 4 amide bonds. The fourth-order valence-electron chi connectivity index (χ4n) is 7.22. The van der Waals surface area contributed by atoms with Gasteiger partial charge in [0.05, 0.1) is 22.4 Å². The van der Waals surface area contributed by atoms with Crippen LogP contribution in [0.3, 0.4) is 0 Å². The second-order valence-electron chi connectivity index (χ2n) is 14.6. The Labute approximate surface area is 319 Å². The lowest BCUT2D eigenvalue weighted by atomic mass is 9.67. The van der Waals surface area contributed by atoms with Crippen molar-refractivity contribution in [2.75, 3.05) is 0 Å². The van der Waals surface area contributed by atoms with Crippen molar-refractivity contribution in [3.63, 3.8) is 0 Å². The van der Waals surface area contributed by atoms with Gasteiger partial charge in [0.2, 0.25) is 23.6 Å². The summed E-state index contributed by atoms with van der Waals surface area (Å²) in [5, 5.41) is 12.6. The quantitative estimate of drug-likeness (QED) is 0.0996. The number of fused-ring (bicyclic) bond motifs is 3. The largest absolute Gasteiger partial charge is 0.357 e. The average Bonchev–Trinajstić information content (AvgIpc) is 3.53. The first kappa shape index (κ1) is 40.3. The Kier molecular flexibility index (Phi) is 13.1. The highest BCUT2D eigenvalue weighted by atomic mass is 35.5. The standard InChI is InChI=1S/C41H49ClF2N6O4/c1-6-23(3)35(38(52)46-22-26-13-16-45-17-14-26)50-40(54)41(15-12-33-30(21-41)29-19-28(43)20-31(42)37(29)48-33)25(5)47-39(53)36(24(4)7-2)49-34(51)18-27-10-8-9-11-32(27)44/h8-11,13-14,16-17,19-20,23-25,35-36,48H,6-7,12,15,18,21-22H2,1-5H3,(H,46,52)(H,47,53)(H,49,51)(H,50,54)/t23-,24?,25-,35?,36-,41+/m0/s1. The van der Waals surface area contributed by atoms with E-state index in [1.807, 2.05) is 27.7 Å². The summed E-state index contributed by atoms with van der Waals surface area (Å²) in [6, 6.07) is 9.46. The summed E-state index contributed by atoms with van der Waals surface area (Å²) in [6.45, 7) is 9.53. The molecule has 13 heteroatoms. The molecule has 2 heterocycles. The molecular formula is C41H49ClF2N6O4. The van der Waals surface area contributed by atoms with Crippen LogP contribution in [0.4, 0.5) is 8.78 Å². The second-order valence-corrected chi connectivity index (χ2v) is 15.0. The van der Waals surface area contributed by atoms with Crippen molar-refractivity contribution >= 4 is 46.1 Å². The summed E-state index contributed by atoms with van der Waals surface area (Å²) in [5.74, 6) is -3.40. The van der Waals surface area contributed by atoms with Gasteiger partial charge in [-0.3, -0.25) is 24.2 Å². The number of benzene rings is 2. The molecule has 1 aliphatic carbocycles. The van der Waals surface area contributed by atoms with Crippen LogP contribution < -0.4 is 21.3 Å². The van der Waals surface area contributed by atoms with Crippen molar-refractivity contribution in [1.29, 1.82) is 0 Å². The molecule has 6 atom stereocenters. The molecule has 0 radical (unpaired) electrons. The van der Waals surface area contributed by atoms with Gasteiger partial charge in [-0.15, -0.1) is 0 Å². The Balaban J connectivity index is 1.46. The molecule has 1 aliphatic rings. The van der Waals surface area contributed by atoms with Crippen LogP contribution in [0.25, 0.3) is 10.9 Å². The van der Waals surface area contributed by atoms with E-state index in [9.17, 15) is 28.0 Å². The van der Waals surface area contributed by atoms with E-state index in [1.165, 1.54) is 30.3 Å². The summed E-state index contributed by atoms with van der Waals surface area (Å²) >= 11 is 6.44. The summed E-state index contributed by atoms with van der Waals surface area (Å²) in [4.78, 5) is 63.2. The molecule has 0 saturated heterocycles. The third-order valence-electron chi connectivity index (χ3n) is 11.1. The maximum absolute atomic E-state index is 14.9. The Hall–Kier alpha value is -4.84. The minimum atomic E-state index is -1.30. The Bertz CT molecular complexity index is 1990. The van der Waals surface area contributed by atoms with Crippen LogP contribution in [0, 0.1) is 28.9 Å². The molecule has 0 fully saturated rings. The zero-order valence-electron chi connectivity index (χ0n) is 31.3. The number of aromatic nitrogens is 2. The molecule has 2 aromatic heterocycles. The monoisotopic (exact) mass is 762 g/mol. The molecule has 54 heavy (non-hydrogen) atoms. The number of nitrogens with one attached hydrogen (secondary N) is 5. The lowest BCUT2D eigenvalue weighted by Gasteiger charge is -2.42. The van der Waals surface area contributed by atoms with Crippen molar-refractivity contribution in [3.8, 4) is 0 Å². The van der Waals surface area contributed by atoms with E-state index < -0.39 is 52.9 Å². The third-order valence-corrected chi connectivity index (χ3v) is 11.4. The van der Waals surface area contributed by atoms with Gasteiger partial charge in [0.25, 0.3) is 0 Å². The SMILES string of the molecule is CCC(C)[C@H](NC(=O)Cc1ccccc1F)C(=O)N[C@@H](C)[C@@]1(C(=O)NC(C(=O)NCc2ccncc2)[C@@H](C)CC)CCc2[nH]c3c(Cl)cc(F)cc3c2C1. The number of aromatic amines is 1. The maximum Gasteiger partial charge on any atom is 0.243 e. The first-order valence-electron chi connectivity index (χ1n) is 18.6. The van der Waals surface area contributed by atoms with E-state index in [2.05, 4.69) is 31.2 Å². The predicted octanol–water partition coefficient (Wildman–Crippen LogP) is 6.10. The first-order valence-corrected chi connectivity index (χ1v) is 18.9. The molecule has 0 spiro atoms. The minimum Gasteiger partial charge on any atom is -0.357 e. The van der Waals surface area contributed by atoms with Gasteiger partial charge in [-0.1, -0.05) is 70.3 Å². The van der Waals surface area contributed by atoms with E-state index in [0.29, 0.717) is 35.7 Å². The van der Waals surface area contributed by atoms with Crippen LogP contribution in [0.1, 0.15) is 76.3 Å². The number of nitrogens with zero attached hydrogens (tertiary/aromatic N) is 1. The van der Waals surface area contributed by atoms with Gasteiger partial charge in [-0.25, -0.2) is 8.78 Å². The maximum atomic E-state index is 14.9. The fourth-order valence-corrected chi connectivity index (χ4v) is 7.48. The zero-order valence-corrected chi connectivity index (χ0v) is 32.1. The lowest BCUT2D eigenvalue weighted by molar-refractivity contribution is -0.140. The number of carbonyl (C=O) groups excluding carboxylic acids is 4. The number of aryl methyl sites for hydroxylation is 1. The summed E-state index contributed by atoms with van der Waals surface area (Å²) < 4.78 is 29.1. The number of carbonyl (C=O) groups is 4. The van der Waals surface area contributed by atoms with Gasteiger partial charge in [0.1, 0.15) is 23.7 Å². The molecule has 0 bridgehead atoms. The molecule has 2 aromatic carbocycles. The van der Waals surface area contributed by atoms with Gasteiger partial charge in [0, 0.05) is 36.1 Å². The molecule has 0 aliphatic heterocycles. The van der Waals surface area contributed by atoms with Crippen LogP contribution in [0.2, 0.25) is 5.02 Å².